The van der Waals surface area contributed by atoms with E-state index in [9.17, 15) is 9.59 Å². The van der Waals surface area contributed by atoms with Gasteiger partial charge in [-0.25, -0.2) is 4.79 Å². The molecule has 3 amide bonds. The number of nitrogens with zero attached hydrogens (tertiary/aromatic N) is 2. The summed E-state index contributed by atoms with van der Waals surface area (Å²) in [5.41, 5.74) is 2.90. The zero-order valence-corrected chi connectivity index (χ0v) is 15.5. The van der Waals surface area contributed by atoms with Crippen LogP contribution >= 0.6 is 11.6 Å². The summed E-state index contributed by atoms with van der Waals surface area (Å²) in [6, 6.07) is 14.9. The van der Waals surface area contributed by atoms with E-state index in [2.05, 4.69) is 5.32 Å². The molecule has 3 rings (SSSR count). The summed E-state index contributed by atoms with van der Waals surface area (Å²) >= 11 is 5.85. The van der Waals surface area contributed by atoms with Gasteiger partial charge in [-0.1, -0.05) is 41.4 Å². The van der Waals surface area contributed by atoms with Gasteiger partial charge < -0.3 is 15.1 Å². The molecule has 2 aromatic carbocycles. The molecule has 0 unspecified atom stereocenters. The topological polar surface area (TPSA) is 52.7 Å². The first-order valence-corrected chi connectivity index (χ1v) is 9.04. The minimum Gasteiger partial charge on any atom is -0.339 e. The smallest absolute Gasteiger partial charge is 0.321 e. The molecular weight excluding hydrogens is 350 g/mol. The molecule has 1 fully saturated rings. The van der Waals surface area contributed by atoms with Gasteiger partial charge in [0.05, 0.1) is 6.42 Å². The first kappa shape index (κ1) is 18.3. The average Bonchev–Trinajstić information content (AvgIpc) is 2.65. The molecular formula is C20H22ClN3O2. The fourth-order valence-corrected chi connectivity index (χ4v) is 3.01. The number of rotatable bonds is 3. The predicted octanol–water partition coefficient (Wildman–Crippen LogP) is 3.57. The fourth-order valence-electron chi connectivity index (χ4n) is 2.89. The first-order valence-electron chi connectivity index (χ1n) is 8.66. The monoisotopic (exact) mass is 371 g/mol. The van der Waals surface area contributed by atoms with Crippen molar-refractivity contribution in [3.63, 3.8) is 0 Å². The van der Waals surface area contributed by atoms with Crippen molar-refractivity contribution in [3.8, 4) is 0 Å². The summed E-state index contributed by atoms with van der Waals surface area (Å²) in [7, 11) is 0. The van der Waals surface area contributed by atoms with Crippen LogP contribution in [0.3, 0.4) is 0 Å². The Morgan fingerprint density at radius 2 is 1.50 bits per heavy atom. The zero-order valence-electron chi connectivity index (χ0n) is 14.7. The van der Waals surface area contributed by atoms with Crippen molar-refractivity contribution in [1.29, 1.82) is 0 Å². The van der Waals surface area contributed by atoms with Crippen molar-refractivity contribution in [2.75, 3.05) is 31.5 Å². The van der Waals surface area contributed by atoms with Crippen molar-refractivity contribution >= 4 is 29.2 Å². The maximum absolute atomic E-state index is 12.4. The summed E-state index contributed by atoms with van der Waals surface area (Å²) in [5, 5.41) is 3.48. The van der Waals surface area contributed by atoms with E-state index in [4.69, 9.17) is 11.6 Å². The molecule has 0 spiro atoms. The van der Waals surface area contributed by atoms with Gasteiger partial charge in [-0.15, -0.1) is 0 Å². The van der Waals surface area contributed by atoms with Crippen molar-refractivity contribution in [2.24, 2.45) is 0 Å². The molecule has 136 valence electrons. The lowest BCUT2D eigenvalue weighted by Gasteiger charge is -2.34. The number of carbonyl (C=O) groups is 2. The highest BCUT2D eigenvalue weighted by molar-refractivity contribution is 6.30. The van der Waals surface area contributed by atoms with Crippen LogP contribution in [-0.4, -0.2) is 47.9 Å². The van der Waals surface area contributed by atoms with Crippen molar-refractivity contribution in [3.05, 3.63) is 64.7 Å². The summed E-state index contributed by atoms with van der Waals surface area (Å²) in [6.07, 6.45) is 0.400. The molecule has 0 aliphatic carbocycles. The third-order valence-corrected chi connectivity index (χ3v) is 4.74. The number of amides is 3. The van der Waals surface area contributed by atoms with Gasteiger partial charge in [0.25, 0.3) is 0 Å². The quantitative estimate of drug-likeness (QED) is 0.896. The van der Waals surface area contributed by atoms with Gasteiger partial charge >= 0.3 is 6.03 Å². The van der Waals surface area contributed by atoms with Crippen molar-refractivity contribution < 1.29 is 9.59 Å². The molecule has 0 saturated carbocycles. The number of carbonyl (C=O) groups excluding carboxylic acids is 2. The summed E-state index contributed by atoms with van der Waals surface area (Å²) in [5.74, 6) is 0.103. The maximum atomic E-state index is 12.4. The van der Waals surface area contributed by atoms with Gasteiger partial charge in [0.15, 0.2) is 0 Å². The van der Waals surface area contributed by atoms with E-state index in [0.717, 1.165) is 5.56 Å². The van der Waals surface area contributed by atoms with Crippen LogP contribution < -0.4 is 5.32 Å². The number of hydrogen-bond acceptors (Lipinski definition) is 2. The van der Waals surface area contributed by atoms with Crippen LogP contribution in [0.15, 0.2) is 48.5 Å². The minimum absolute atomic E-state index is 0.103. The molecule has 0 atom stereocenters. The number of urea groups is 1. The third-order valence-electron chi connectivity index (χ3n) is 4.49. The van der Waals surface area contributed by atoms with E-state index in [-0.39, 0.29) is 11.9 Å². The van der Waals surface area contributed by atoms with E-state index in [0.29, 0.717) is 43.3 Å². The molecule has 2 aromatic rings. The Bertz CT molecular complexity index is 699. The number of halogens is 1. The molecule has 5 nitrogen and oxygen atoms in total. The van der Waals surface area contributed by atoms with Gasteiger partial charge in [0, 0.05) is 36.9 Å². The van der Waals surface area contributed by atoms with E-state index in [1.165, 1.54) is 5.56 Å². The normalized spacial score (nSPS) is 14.2. The molecule has 1 aliphatic heterocycles. The lowest BCUT2D eigenvalue weighted by Crippen LogP contribution is -2.52. The highest BCUT2D eigenvalue weighted by Gasteiger charge is 2.24. The Kier molecular flexibility index (Phi) is 5.78. The van der Waals surface area contributed by atoms with E-state index in [1.807, 2.05) is 36.1 Å². The van der Waals surface area contributed by atoms with Crippen LogP contribution in [0.25, 0.3) is 0 Å². The highest BCUT2D eigenvalue weighted by atomic mass is 35.5. The summed E-state index contributed by atoms with van der Waals surface area (Å²) < 4.78 is 0. The van der Waals surface area contributed by atoms with Gasteiger partial charge in [-0.05, 0) is 36.8 Å². The second-order valence-corrected chi connectivity index (χ2v) is 6.90. The number of aryl methyl sites for hydroxylation is 1. The van der Waals surface area contributed by atoms with Gasteiger partial charge in [0.2, 0.25) is 5.91 Å². The fraction of sp³-hybridized carbons (Fsp3) is 0.300. The molecule has 0 bridgehead atoms. The lowest BCUT2D eigenvalue weighted by atomic mass is 10.1. The highest BCUT2D eigenvalue weighted by Crippen LogP contribution is 2.15. The number of piperazine rings is 1. The molecule has 0 radical (unpaired) electrons. The number of hydrogen-bond donors (Lipinski definition) is 1. The average molecular weight is 372 g/mol. The van der Waals surface area contributed by atoms with Gasteiger partial charge in [-0.2, -0.15) is 0 Å². The molecule has 1 aliphatic rings. The Balaban J connectivity index is 1.48. The van der Waals surface area contributed by atoms with E-state index < -0.39 is 0 Å². The molecule has 0 aromatic heterocycles. The zero-order chi connectivity index (χ0) is 18.5. The number of anilines is 1. The Morgan fingerprint density at radius 3 is 2.12 bits per heavy atom. The first-order chi connectivity index (χ1) is 12.5. The summed E-state index contributed by atoms with van der Waals surface area (Å²) in [4.78, 5) is 28.3. The summed E-state index contributed by atoms with van der Waals surface area (Å²) in [6.45, 7) is 4.19. The van der Waals surface area contributed by atoms with E-state index in [1.54, 1.807) is 29.2 Å². The van der Waals surface area contributed by atoms with Crippen LogP contribution in [0.1, 0.15) is 11.1 Å². The SMILES string of the molecule is Cc1ccc(CC(=O)N2CCN(C(=O)Nc3ccc(Cl)cc3)CC2)cc1. The molecule has 1 N–H and O–H groups in total. The van der Waals surface area contributed by atoms with E-state index >= 15 is 0 Å². The molecule has 1 heterocycles. The molecule has 1 saturated heterocycles. The predicted molar refractivity (Wildman–Crippen MR) is 104 cm³/mol. The second-order valence-electron chi connectivity index (χ2n) is 6.47. The second kappa shape index (κ2) is 8.23. The standard InChI is InChI=1S/C20H22ClN3O2/c1-15-2-4-16(5-3-15)14-19(25)23-10-12-24(13-11-23)20(26)22-18-8-6-17(21)7-9-18/h2-9H,10-14H2,1H3,(H,22,26). The molecule has 6 heteroatoms. The van der Waals surface area contributed by atoms with Gasteiger partial charge in [0.1, 0.15) is 0 Å². The Labute approximate surface area is 158 Å². The van der Waals surface area contributed by atoms with Gasteiger partial charge in [-0.3, -0.25) is 4.79 Å². The van der Waals surface area contributed by atoms with Crippen molar-refractivity contribution in [2.45, 2.75) is 13.3 Å². The minimum atomic E-state index is -0.155. The molecule has 26 heavy (non-hydrogen) atoms. The third kappa shape index (κ3) is 4.76. The lowest BCUT2D eigenvalue weighted by molar-refractivity contribution is -0.131. The Hall–Kier alpha value is -2.53. The largest absolute Gasteiger partial charge is 0.339 e. The van der Waals surface area contributed by atoms with Crippen LogP contribution in [0, 0.1) is 6.92 Å². The number of nitrogens with one attached hydrogen (secondary N) is 1. The van der Waals surface area contributed by atoms with Crippen LogP contribution in [0.4, 0.5) is 10.5 Å². The maximum Gasteiger partial charge on any atom is 0.321 e. The van der Waals surface area contributed by atoms with Crippen LogP contribution in [0.2, 0.25) is 5.02 Å². The van der Waals surface area contributed by atoms with Crippen LogP contribution in [-0.2, 0) is 11.2 Å². The van der Waals surface area contributed by atoms with Crippen molar-refractivity contribution in [1.82, 2.24) is 9.80 Å². The number of benzene rings is 2. The Morgan fingerprint density at radius 1 is 0.923 bits per heavy atom. The van der Waals surface area contributed by atoms with Crippen LogP contribution in [0.5, 0.6) is 0 Å².